The molecule has 0 spiro atoms. The topological polar surface area (TPSA) is 70.2 Å². The minimum absolute atomic E-state index is 0. The van der Waals surface area contributed by atoms with Gasteiger partial charge in [0, 0.05) is 58.2 Å². The minimum atomic E-state index is -5.04. The molecular weight excluding hydrogens is 655 g/mol. The Morgan fingerprint density at radius 2 is 1.58 bits per heavy atom. The van der Waals surface area contributed by atoms with Gasteiger partial charge in [-0.2, -0.15) is 26.3 Å². The smallest absolute Gasteiger partial charge is 0.379 e. The third kappa shape index (κ3) is 9.31. The number of carbonyl (C=O) groups excluding carboxylic acids is 1. The molecule has 0 saturated carbocycles. The van der Waals surface area contributed by atoms with Crippen LogP contribution in [0.4, 0.5) is 30.7 Å². The Morgan fingerprint density at radius 1 is 0.978 bits per heavy atom. The lowest BCUT2D eigenvalue weighted by Gasteiger charge is -2.39. The van der Waals surface area contributed by atoms with Crippen LogP contribution in [0.25, 0.3) is 0 Å². The van der Waals surface area contributed by atoms with E-state index in [1.807, 2.05) is 4.90 Å². The third-order valence-electron chi connectivity index (χ3n) is 8.13. The molecule has 7 nitrogen and oxygen atoms in total. The molecular formula is C29H35ClF7N3O4S. The molecule has 2 aliphatic heterocycles. The first kappa shape index (κ1) is 37.0. The van der Waals surface area contributed by atoms with Crippen LogP contribution in [0.1, 0.15) is 40.2 Å². The number of halogens is 8. The van der Waals surface area contributed by atoms with Gasteiger partial charge < -0.3 is 9.64 Å². The molecule has 2 aromatic carbocycles. The van der Waals surface area contributed by atoms with Crippen molar-refractivity contribution in [2.75, 3.05) is 58.7 Å². The lowest BCUT2D eigenvalue weighted by molar-refractivity contribution is -0.143. The van der Waals surface area contributed by atoms with Crippen molar-refractivity contribution in [1.29, 1.82) is 0 Å². The fraction of sp³-hybridized carbons (Fsp3) is 0.552. The van der Waals surface area contributed by atoms with E-state index in [4.69, 9.17) is 4.74 Å². The van der Waals surface area contributed by atoms with E-state index in [0.29, 0.717) is 56.1 Å². The number of hydrogen-bond acceptors (Lipinski definition) is 5. The number of ether oxygens (including phenoxy) is 1. The molecule has 16 heteroatoms. The Labute approximate surface area is 263 Å². The number of aryl methyl sites for hydroxylation is 1. The normalized spacial score (nSPS) is 20.5. The fourth-order valence-corrected chi connectivity index (χ4v) is 7.30. The molecule has 2 atom stereocenters. The van der Waals surface area contributed by atoms with Crippen molar-refractivity contribution in [1.82, 2.24) is 14.1 Å². The van der Waals surface area contributed by atoms with Crippen molar-refractivity contribution >= 4 is 28.3 Å². The van der Waals surface area contributed by atoms with Crippen LogP contribution in [0.2, 0.25) is 0 Å². The maximum absolute atomic E-state index is 14.0. The zero-order valence-electron chi connectivity index (χ0n) is 24.6. The van der Waals surface area contributed by atoms with Gasteiger partial charge in [0.05, 0.1) is 30.1 Å². The van der Waals surface area contributed by atoms with E-state index in [2.05, 4.69) is 0 Å². The standard InChI is InChI=1S/C29H34F7N3O4S.ClH/c1-19-13-23(30)3-4-24(19)26-18-39(44(41,42)12-9-38-7-10-43-11-8-38)6-5-25(26)27(40)37(2)17-20-14-21(28(31,32)33)16-22(15-20)29(34,35)36;/h3-4,13-16,25-26H,5-12,17-18H2,1-2H3;1H/t25-,26+;/m1./s1. The van der Waals surface area contributed by atoms with Gasteiger partial charge in [-0.15, -0.1) is 12.4 Å². The van der Waals surface area contributed by atoms with Crippen LogP contribution in [-0.4, -0.2) is 87.2 Å². The highest BCUT2D eigenvalue weighted by atomic mass is 35.5. The first-order chi connectivity index (χ1) is 20.5. The molecule has 0 unspecified atom stereocenters. The van der Waals surface area contributed by atoms with E-state index in [9.17, 15) is 43.9 Å². The Balaban J connectivity index is 0.00000552. The van der Waals surface area contributed by atoms with Crippen LogP contribution < -0.4 is 0 Å². The molecule has 0 bridgehead atoms. The second-order valence-electron chi connectivity index (χ2n) is 11.2. The van der Waals surface area contributed by atoms with Crippen LogP contribution >= 0.6 is 12.4 Å². The molecule has 2 aliphatic rings. The van der Waals surface area contributed by atoms with E-state index in [-0.39, 0.29) is 49.3 Å². The van der Waals surface area contributed by atoms with Gasteiger partial charge in [-0.1, -0.05) is 6.07 Å². The number of morpholine rings is 1. The number of amides is 1. The van der Waals surface area contributed by atoms with Gasteiger partial charge in [0.15, 0.2) is 0 Å². The highest BCUT2D eigenvalue weighted by molar-refractivity contribution is 7.89. The van der Waals surface area contributed by atoms with E-state index < -0.39 is 63.6 Å². The van der Waals surface area contributed by atoms with Gasteiger partial charge in [0.25, 0.3) is 0 Å². The van der Waals surface area contributed by atoms with Crippen LogP contribution in [0.3, 0.4) is 0 Å². The van der Waals surface area contributed by atoms with Crippen LogP contribution in [0, 0.1) is 18.7 Å². The predicted octanol–water partition coefficient (Wildman–Crippen LogP) is 5.32. The molecule has 45 heavy (non-hydrogen) atoms. The molecule has 1 amide bonds. The Hall–Kier alpha value is -2.46. The van der Waals surface area contributed by atoms with Gasteiger partial charge in [-0.25, -0.2) is 17.1 Å². The highest BCUT2D eigenvalue weighted by Crippen LogP contribution is 2.39. The molecule has 0 radical (unpaired) electrons. The van der Waals surface area contributed by atoms with Crippen molar-refractivity contribution in [3.63, 3.8) is 0 Å². The van der Waals surface area contributed by atoms with Crippen molar-refractivity contribution in [3.8, 4) is 0 Å². The van der Waals surface area contributed by atoms with E-state index in [0.717, 1.165) is 4.90 Å². The van der Waals surface area contributed by atoms with Crippen molar-refractivity contribution in [2.45, 2.75) is 38.2 Å². The van der Waals surface area contributed by atoms with Crippen LogP contribution in [0.5, 0.6) is 0 Å². The summed E-state index contributed by atoms with van der Waals surface area (Å²) in [7, 11) is -2.49. The average molecular weight is 690 g/mol. The third-order valence-corrected chi connectivity index (χ3v) is 9.95. The summed E-state index contributed by atoms with van der Waals surface area (Å²) in [6.45, 7) is 3.49. The summed E-state index contributed by atoms with van der Waals surface area (Å²) in [5.74, 6) is -2.85. The number of sulfonamides is 1. The van der Waals surface area contributed by atoms with Gasteiger partial charge >= 0.3 is 12.4 Å². The number of hydrogen-bond donors (Lipinski definition) is 0. The van der Waals surface area contributed by atoms with Crippen molar-refractivity contribution < 1.29 is 48.7 Å². The maximum Gasteiger partial charge on any atom is 0.416 e. The zero-order chi connectivity index (χ0) is 32.4. The molecule has 2 fully saturated rings. The second kappa shape index (κ2) is 14.5. The van der Waals surface area contributed by atoms with Crippen LogP contribution in [-0.2, 0) is 38.5 Å². The highest BCUT2D eigenvalue weighted by Gasteiger charge is 2.41. The fourth-order valence-electron chi connectivity index (χ4n) is 5.78. The van der Waals surface area contributed by atoms with E-state index in [1.54, 1.807) is 6.92 Å². The first-order valence-electron chi connectivity index (χ1n) is 14.0. The lowest BCUT2D eigenvalue weighted by Crippen LogP contribution is -2.49. The molecule has 0 aliphatic carbocycles. The number of carbonyl (C=O) groups is 1. The predicted molar refractivity (Wildman–Crippen MR) is 155 cm³/mol. The summed E-state index contributed by atoms with van der Waals surface area (Å²) in [6, 6.07) is 5.10. The van der Waals surface area contributed by atoms with E-state index in [1.165, 1.54) is 29.6 Å². The molecule has 252 valence electrons. The van der Waals surface area contributed by atoms with E-state index >= 15 is 0 Å². The van der Waals surface area contributed by atoms with Crippen molar-refractivity contribution in [2.24, 2.45) is 5.92 Å². The molecule has 4 rings (SSSR count). The molecule has 0 aromatic heterocycles. The summed E-state index contributed by atoms with van der Waals surface area (Å²) in [4.78, 5) is 16.8. The quantitative estimate of drug-likeness (QED) is 0.351. The minimum Gasteiger partial charge on any atom is -0.379 e. The van der Waals surface area contributed by atoms with Gasteiger partial charge in [-0.3, -0.25) is 9.69 Å². The van der Waals surface area contributed by atoms with Gasteiger partial charge in [0.2, 0.25) is 15.9 Å². The Morgan fingerprint density at radius 3 is 2.13 bits per heavy atom. The monoisotopic (exact) mass is 689 g/mol. The number of nitrogens with zero attached hydrogens (tertiary/aromatic N) is 3. The Bertz CT molecular complexity index is 1420. The van der Waals surface area contributed by atoms with Crippen molar-refractivity contribution in [3.05, 3.63) is 70.0 Å². The molecule has 2 aromatic rings. The lowest BCUT2D eigenvalue weighted by atomic mass is 9.79. The summed E-state index contributed by atoms with van der Waals surface area (Å²) in [5.41, 5.74) is -2.32. The summed E-state index contributed by atoms with van der Waals surface area (Å²) in [5, 5.41) is 0. The van der Waals surface area contributed by atoms with Crippen LogP contribution in [0.15, 0.2) is 36.4 Å². The number of piperidine rings is 1. The summed E-state index contributed by atoms with van der Waals surface area (Å²) >= 11 is 0. The van der Waals surface area contributed by atoms with Gasteiger partial charge in [-0.05, 0) is 60.4 Å². The Kier molecular flexibility index (Phi) is 11.9. The molecule has 0 N–H and O–H groups in total. The second-order valence-corrected chi connectivity index (χ2v) is 13.3. The SMILES string of the molecule is Cc1cc(F)ccc1[C@@H]1CN(S(=O)(=O)CCN2CCOCC2)CC[C@H]1C(=O)N(C)Cc1cc(C(F)(F)F)cc(C(F)(F)F)c1.Cl. The molecule has 2 heterocycles. The van der Waals surface area contributed by atoms with Gasteiger partial charge in [0.1, 0.15) is 5.82 Å². The zero-order valence-corrected chi connectivity index (χ0v) is 26.3. The number of alkyl halides is 6. The largest absolute Gasteiger partial charge is 0.416 e. The summed E-state index contributed by atoms with van der Waals surface area (Å²) < 4.78 is 128. The average Bonchev–Trinajstić information content (AvgIpc) is 2.95. The number of rotatable bonds is 8. The summed E-state index contributed by atoms with van der Waals surface area (Å²) in [6.07, 6.45) is -10.0. The maximum atomic E-state index is 14.0. The number of benzene rings is 2. The molecule has 2 saturated heterocycles. The first-order valence-corrected chi connectivity index (χ1v) is 15.6.